The predicted molar refractivity (Wildman–Crippen MR) is 86.1 cm³/mol. The topological polar surface area (TPSA) is 85.0 Å². The minimum atomic E-state index is -1.13. The smallest absolute Gasteiger partial charge is 0.228 e. The van der Waals surface area contributed by atoms with Gasteiger partial charge in [-0.2, -0.15) is 0 Å². The van der Waals surface area contributed by atoms with Gasteiger partial charge in [-0.25, -0.2) is 0 Å². The summed E-state index contributed by atoms with van der Waals surface area (Å²) in [6, 6.07) is 5.49. The highest BCUT2D eigenvalue weighted by Crippen LogP contribution is 2.31. The molecule has 0 unspecified atom stereocenters. The molecule has 2 aromatic rings. The quantitative estimate of drug-likeness (QED) is 0.844. The lowest BCUT2D eigenvalue weighted by Crippen LogP contribution is -2.42. The van der Waals surface area contributed by atoms with Gasteiger partial charge in [0.1, 0.15) is 0 Å². The van der Waals surface area contributed by atoms with Gasteiger partial charge in [-0.05, 0) is 43.3 Å². The van der Waals surface area contributed by atoms with E-state index in [9.17, 15) is 14.7 Å². The van der Waals surface area contributed by atoms with Crippen molar-refractivity contribution in [1.82, 2.24) is 4.98 Å². The van der Waals surface area contributed by atoms with Crippen LogP contribution >= 0.6 is 23.6 Å². The second-order valence-corrected chi connectivity index (χ2v) is 7.25. The molecule has 0 saturated heterocycles. The van der Waals surface area contributed by atoms with Gasteiger partial charge in [0.25, 0.3) is 0 Å². The zero-order valence-electron chi connectivity index (χ0n) is 11.8. The molecule has 5 nitrogen and oxygen atoms in total. The minimum absolute atomic E-state index is 0.243. The number of H-pyrrole nitrogens is 1. The Bertz CT molecular complexity index is 780. The number of hydrogen-bond acceptors (Lipinski definition) is 5. The zero-order chi connectivity index (χ0) is 15.7. The number of fused-ring (bicyclic) bond motifs is 1. The number of carbonyl (C=O) groups excluding carboxylic acids is 2. The molecule has 3 rings (SSSR count). The van der Waals surface area contributed by atoms with Gasteiger partial charge in [0.15, 0.2) is 3.95 Å². The molecule has 1 amide bonds. The van der Waals surface area contributed by atoms with Crippen molar-refractivity contribution in [3.05, 3.63) is 22.2 Å². The van der Waals surface area contributed by atoms with Gasteiger partial charge in [-0.3, -0.25) is 4.79 Å². The first-order valence-corrected chi connectivity index (χ1v) is 8.41. The molecule has 1 aromatic carbocycles. The molecular formula is C15H15N2O3S2-. The molecule has 1 fully saturated rings. The Morgan fingerprint density at radius 3 is 2.73 bits per heavy atom. The van der Waals surface area contributed by atoms with Crippen molar-refractivity contribution in [1.29, 1.82) is 0 Å². The Morgan fingerprint density at radius 2 is 2.00 bits per heavy atom. The Morgan fingerprint density at radius 1 is 1.27 bits per heavy atom. The maximum absolute atomic E-state index is 12.4. The molecule has 0 aliphatic heterocycles. The summed E-state index contributed by atoms with van der Waals surface area (Å²) in [5.41, 5.74) is 1.59. The van der Waals surface area contributed by atoms with Gasteiger partial charge in [-0.1, -0.05) is 12.8 Å². The van der Waals surface area contributed by atoms with Crippen molar-refractivity contribution in [3.63, 3.8) is 0 Å². The highest BCUT2D eigenvalue weighted by atomic mass is 32.1. The maximum atomic E-state index is 12.4. The SMILES string of the molecule is O=C([O-])[C@@H]1CCCC[C@H]1C(=O)Nc1ccc2[nH]c(=S)sc2c1. The van der Waals surface area contributed by atoms with Crippen LogP contribution in [0.4, 0.5) is 5.69 Å². The lowest BCUT2D eigenvalue weighted by molar-refractivity contribution is -0.313. The summed E-state index contributed by atoms with van der Waals surface area (Å²) in [6.07, 6.45) is 2.82. The van der Waals surface area contributed by atoms with Crippen molar-refractivity contribution in [2.45, 2.75) is 25.7 Å². The first-order valence-electron chi connectivity index (χ1n) is 7.19. The number of hydrogen-bond donors (Lipinski definition) is 2. The standard InChI is InChI=1S/C15H16N2O3S2/c18-13(9-3-1-2-4-10(9)14(19)20)16-8-5-6-11-12(7-8)22-15(21)17-11/h5-7,9-10H,1-4H2,(H,16,18)(H,17,21)(H,19,20)/p-1/t9-,10-/m1/s1. The molecule has 1 aliphatic carbocycles. The zero-order valence-corrected chi connectivity index (χ0v) is 13.4. The van der Waals surface area contributed by atoms with E-state index in [0.717, 1.165) is 23.1 Å². The van der Waals surface area contributed by atoms with Gasteiger partial charge >= 0.3 is 0 Å². The average Bonchev–Trinajstić information content (AvgIpc) is 2.86. The summed E-state index contributed by atoms with van der Waals surface area (Å²) in [7, 11) is 0. The van der Waals surface area contributed by atoms with E-state index in [-0.39, 0.29) is 5.91 Å². The minimum Gasteiger partial charge on any atom is -0.550 e. The van der Waals surface area contributed by atoms with Crippen molar-refractivity contribution >= 4 is 51.3 Å². The first-order chi connectivity index (χ1) is 10.5. The predicted octanol–water partition coefficient (Wildman–Crippen LogP) is 2.45. The highest BCUT2D eigenvalue weighted by Gasteiger charge is 2.31. The average molecular weight is 335 g/mol. The third-order valence-electron chi connectivity index (χ3n) is 4.09. The van der Waals surface area contributed by atoms with Crippen molar-refractivity contribution in [2.75, 3.05) is 5.32 Å². The fourth-order valence-electron chi connectivity index (χ4n) is 2.98. The Balaban J connectivity index is 1.79. The van der Waals surface area contributed by atoms with E-state index in [0.29, 0.717) is 22.5 Å². The van der Waals surface area contributed by atoms with Crippen LogP contribution in [0, 0.1) is 15.8 Å². The summed E-state index contributed by atoms with van der Waals surface area (Å²) in [4.78, 5) is 26.6. The fourth-order valence-corrected chi connectivity index (χ4v) is 4.14. The van der Waals surface area contributed by atoms with Gasteiger partial charge < -0.3 is 20.2 Å². The molecule has 22 heavy (non-hydrogen) atoms. The number of benzene rings is 1. The fraction of sp³-hybridized carbons (Fsp3) is 0.400. The number of carboxylic acids is 1. The second-order valence-electron chi connectivity index (χ2n) is 5.53. The monoisotopic (exact) mass is 335 g/mol. The number of nitrogens with one attached hydrogen (secondary N) is 2. The Labute approximate surface area is 136 Å². The van der Waals surface area contributed by atoms with E-state index in [4.69, 9.17) is 12.2 Å². The van der Waals surface area contributed by atoms with E-state index in [1.807, 2.05) is 12.1 Å². The van der Waals surface area contributed by atoms with E-state index in [1.54, 1.807) is 6.07 Å². The van der Waals surface area contributed by atoms with Crippen LogP contribution in [-0.2, 0) is 9.59 Å². The number of carbonyl (C=O) groups is 2. The van der Waals surface area contributed by atoms with Crippen LogP contribution in [0.1, 0.15) is 25.7 Å². The number of aromatic amines is 1. The summed E-state index contributed by atoms with van der Waals surface area (Å²) in [5.74, 6) is -2.57. The lowest BCUT2D eigenvalue weighted by Gasteiger charge is -2.31. The molecule has 2 atom stereocenters. The molecule has 0 spiro atoms. The van der Waals surface area contributed by atoms with E-state index >= 15 is 0 Å². The van der Waals surface area contributed by atoms with Gasteiger partial charge in [0, 0.05) is 23.5 Å². The summed E-state index contributed by atoms with van der Waals surface area (Å²) >= 11 is 6.53. The summed E-state index contributed by atoms with van der Waals surface area (Å²) in [5, 5.41) is 14.0. The number of thiazole rings is 1. The van der Waals surface area contributed by atoms with E-state index < -0.39 is 17.8 Å². The Kier molecular flexibility index (Phi) is 4.26. The van der Waals surface area contributed by atoms with Crippen LogP contribution in [0.2, 0.25) is 0 Å². The van der Waals surface area contributed by atoms with Crippen molar-refractivity contribution < 1.29 is 14.7 Å². The molecule has 2 N–H and O–H groups in total. The molecule has 1 heterocycles. The number of rotatable bonds is 3. The van der Waals surface area contributed by atoms with Crippen LogP contribution in [-0.4, -0.2) is 16.9 Å². The molecular weight excluding hydrogens is 320 g/mol. The molecule has 1 aromatic heterocycles. The lowest BCUT2D eigenvalue weighted by atomic mass is 9.78. The summed E-state index contributed by atoms with van der Waals surface area (Å²) in [6.45, 7) is 0. The number of aliphatic carboxylic acids is 1. The molecule has 0 radical (unpaired) electrons. The highest BCUT2D eigenvalue weighted by molar-refractivity contribution is 7.73. The van der Waals surface area contributed by atoms with E-state index in [1.165, 1.54) is 11.3 Å². The van der Waals surface area contributed by atoms with Crippen LogP contribution in [0.5, 0.6) is 0 Å². The number of anilines is 1. The van der Waals surface area contributed by atoms with Gasteiger partial charge in [0.2, 0.25) is 5.91 Å². The summed E-state index contributed by atoms with van der Waals surface area (Å²) < 4.78 is 1.64. The van der Waals surface area contributed by atoms with Crippen LogP contribution in [0.25, 0.3) is 10.2 Å². The third kappa shape index (κ3) is 3.05. The number of aromatic nitrogens is 1. The number of amides is 1. The second kappa shape index (κ2) is 6.18. The Hall–Kier alpha value is -1.73. The van der Waals surface area contributed by atoms with Crippen LogP contribution < -0.4 is 10.4 Å². The van der Waals surface area contributed by atoms with Crippen molar-refractivity contribution in [2.24, 2.45) is 11.8 Å². The van der Waals surface area contributed by atoms with Crippen LogP contribution in [0.3, 0.4) is 0 Å². The number of carboxylic acid groups (broad SMARTS) is 1. The molecule has 1 aliphatic rings. The maximum Gasteiger partial charge on any atom is 0.228 e. The molecule has 1 saturated carbocycles. The largest absolute Gasteiger partial charge is 0.550 e. The van der Waals surface area contributed by atoms with E-state index in [2.05, 4.69) is 10.3 Å². The molecule has 116 valence electrons. The molecule has 7 heteroatoms. The van der Waals surface area contributed by atoms with Crippen molar-refractivity contribution in [3.8, 4) is 0 Å². The van der Waals surface area contributed by atoms with Crippen LogP contribution in [0.15, 0.2) is 18.2 Å². The van der Waals surface area contributed by atoms with Gasteiger partial charge in [-0.15, -0.1) is 11.3 Å². The molecule has 0 bridgehead atoms. The third-order valence-corrected chi connectivity index (χ3v) is 5.29. The normalized spacial score (nSPS) is 21.6. The first kappa shape index (κ1) is 15.2. The van der Waals surface area contributed by atoms with Gasteiger partial charge in [0.05, 0.1) is 10.2 Å².